The van der Waals surface area contributed by atoms with Gasteiger partial charge < -0.3 is 4.74 Å². The van der Waals surface area contributed by atoms with Gasteiger partial charge >= 0.3 is 0 Å². The van der Waals surface area contributed by atoms with Crippen LogP contribution in [0.3, 0.4) is 0 Å². The van der Waals surface area contributed by atoms with Gasteiger partial charge in [0, 0.05) is 28.6 Å². The quantitative estimate of drug-likeness (QED) is 0.134. The van der Waals surface area contributed by atoms with Crippen LogP contribution in [0.4, 0.5) is 5.69 Å². The van der Waals surface area contributed by atoms with Gasteiger partial charge in [0.05, 0.1) is 22.0 Å². The smallest absolute Gasteiger partial charge is 0.282 e. The molecule has 0 aliphatic carbocycles. The lowest BCUT2D eigenvalue weighted by Crippen LogP contribution is -2.22. The average Bonchev–Trinajstić information content (AvgIpc) is 2.91. The molecule has 1 aromatic heterocycles. The zero-order valence-electron chi connectivity index (χ0n) is 19.8. The molecule has 5 aromatic rings. The second kappa shape index (κ2) is 10.3. The highest BCUT2D eigenvalue weighted by molar-refractivity contribution is 9.10. The first-order valence-electron chi connectivity index (χ1n) is 11.6. The van der Waals surface area contributed by atoms with E-state index in [2.05, 4.69) is 26.0 Å². The molecular formula is C28H21BrN4O4. The molecule has 0 radical (unpaired) electrons. The van der Waals surface area contributed by atoms with Crippen LogP contribution in [0.5, 0.6) is 5.75 Å². The Morgan fingerprint density at radius 3 is 2.68 bits per heavy atom. The van der Waals surface area contributed by atoms with Crippen molar-refractivity contribution in [2.75, 3.05) is 0 Å². The molecule has 184 valence electrons. The van der Waals surface area contributed by atoms with Gasteiger partial charge in [-0.1, -0.05) is 65.3 Å². The first-order valence-corrected chi connectivity index (χ1v) is 12.4. The number of fused-ring (bicyclic) bond motifs is 2. The molecule has 0 saturated carbocycles. The molecular weight excluding hydrogens is 536 g/mol. The summed E-state index contributed by atoms with van der Waals surface area (Å²) >= 11 is 3.39. The number of aromatic nitrogens is 2. The van der Waals surface area contributed by atoms with Crippen LogP contribution in [-0.4, -0.2) is 20.8 Å². The minimum atomic E-state index is -0.482. The molecule has 0 aliphatic heterocycles. The van der Waals surface area contributed by atoms with E-state index in [1.165, 1.54) is 23.0 Å². The van der Waals surface area contributed by atoms with Gasteiger partial charge in [-0.05, 0) is 40.6 Å². The number of benzene rings is 4. The van der Waals surface area contributed by atoms with Crippen molar-refractivity contribution in [2.45, 2.75) is 20.0 Å². The average molecular weight is 557 g/mol. The van der Waals surface area contributed by atoms with E-state index in [-0.39, 0.29) is 17.9 Å². The summed E-state index contributed by atoms with van der Waals surface area (Å²) in [5.41, 5.74) is 1.49. The summed E-state index contributed by atoms with van der Waals surface area (Å²) < 4.78 is 8.08. The fourth-order valence-electron chi connectivity index (χ4n) is 4.12. The van der Waals surface area contributed by atoms with Gasteiger partial charge in [-0.3, -0.25) is 14.9 Å². The fourth-order valence-corrected chi connectivity index (χ4v) is 4.48. The van der Waals surface area contributed by atoms with Crippen molar-refractivity contribution in [3.8, 4) is 5.75 Å². The number of ether oxygens (including phenoxy) is 1. The van der Waals surface area contributed by atoms with E-state index >= 15 is 0 Å². The Hall–Kier alpha value is -4.37. The van der Waals surface area contributed by atoms with Gasteiger partial charge in [-0.2, -0.15) is 9.78 Å². The van der Waals surface area contributed by atoms with Crippen LogP contribution in [0, 0.1) is 10.1 Å². The van der Waals surface area contributed by atoms with Gasteiger partial charge in [-0.15, -0.1) is 0 Å². The first-order chi connectivity index (χ1) is 17.9. The minimum absolute atomic E-state index is 0.109. The Kier molecular flexibility index (Phi) is 6.78. The lowest BCUT2D eigenvalue weighted by Gasteiger charge is -2.12. The third kappa shape index (κ3) is 4.99. The van der Waals surface area contributed by atoms with E-state index in [0.29, 0.717) is 34.5 Å². The summed E-state index contributed by atoms with van der Waals surface area (Å²) in [6, 6.07) is 23.6. The molecule has 0 amide bonds. The zero-order chi connectivity index (χ0) is 25.9. The predicted molar refractivity (Wildman–Crippen MR) is 147 cm³/mol. The second-order valence-corrected chi connectivity index (χ2v) is 9.23. The summed E-state index contributed by atoms with van der Waals surface area (Å²) in [6.07, 6.45) is 1.87. The van der Waals surface area contributed by atoms with E-state index in [9.17, 15) is 14.9 Å². The molecule has 0 fully saturated rings. The molecule has 1 heterocycles. The van der Waals surface area contributed by atoms with Gasteiger partial charge in [0.1, 0.15) is 18.2 Å². The Labute approximate surface area is 220 Å². The summed E-state index contributed by atoms with van der Waals surface area (Å²) in [7, 11) is 0. The maximum atomic E-state index is 13.2. The largest absolute Gasteiger partial charge is 0.488 e. The van der Waals surface area contributed by atoms with E-state index < -0.39 is 4.92 Å². The lowest BCUT2D eigenvalue weighted by molar-refractivity contribution is -0.384. The van der Waals surface area contributed by atoms with Crippen molar-refractivity contribution >= 4 is 49.5 Å². The molecule has 8 nitrogen and oxygen atoms in total. The highest BCUT2D eigenvalue weighted by atomic mass is 79.9. The maximum Gasteiger partial charge on any atom is 0.282 e. The van der Waals surface area contributed by atoms with Crippen LogP contribution in [0.1, 0.15) is 23.9 Å². The van der Waals surface area contributed by atoms with Crippen LogP contribution in [0.25, 0.3) is 21.7 Å². The normalized spacial score (nSPS) is 11.4. The van der Waals surface area contributed by atoms with Crippen LogP contribution >= 0.6 is 15.9 Å². The SMILES string of the molecule is CCc1nc2ccc(Br)cc2c(=O)n1N=Cc1cc([N+](=O)[O-])ccc1OCc1cccc2ccccc12. The van der Waals surface area contributed by atoms with Crippen molar-refractivity contribution in [3.05, 3.63) is 121 Å². The highest BCUT2D eigenvalue weighted by Gasteiger charge is 2.14. The van der Waals surface area contributed by atoms with Gasteiger partial charge in [0.2, 0.25) is 0 Å². The highest BCUT2D eigenvalue weighted by Crippen LogP contribution is 2.26. The summed E-state index contributed by atoms with van der Waals surface area (Å²) in [5, 5.41) is 18.4. The maximum absolute atomic E-state index is 13.2. The molecule has 0 spiro atoms. The van der Waals surface area contributed by atoms with Crippen molar-refractivity contribution < 1.29 is 9.66 Å². The van der Waals surface area contributed by atoms with Gasteiger partial charge in [0.15, 0.2) is 0 Å². The number of aryl methyl sites for hydroxylation is 1. The fraction of sp³-hybridized carbons (Fsp3) is 0.107. The van der Waals surface area contributed by atoms with Crippen molar-refractivity contribution in [1.82, 2.24) is 9.66 Å². The van der Waals surface area contributed by atoms with Crippen molar-refractivity contribution in [3.63, 3.8) is 0 Å². The van der Waals surface area contributed by atoms with Crippen LogP contribution in [0.15, 0.2) is 93.2 Å². The van der Waals surface area contributed by atoms with Crippen molar-refractivity contribution in [1.29, 1.82) is 0 Å². The third-order valence-electron chi connectivity index (χ3n) is 5.97. The molecule has 0 unspecified atom stereocenters. The van der Waals surface area contributed by atoms with Gasteiger partial charge in [0.25, 0.3) is 11.2 Å². The number of non-ortho nitro benzene ring substituents is 1. The summed E-state index contributed by atoms with van der Waals surface area (Å²) in [6.45, 7) is 2.14. The monoisotopic (exact) mass is 556 g/mol. The minimum Gasteiger partial charge on any atom is -0.488 e. The predicted octanol–water partition coefficient (Wildman–Crippen LogP) is 6.24. The zero-order valence-corrected chi connectivity index (χ0v) is 21.4. The Bertz CT molecular complexity index is 1740. The summed E-state index contributed by atoms with van der Waals surface area (Å²) in [4.78, 5) is 28.8. The third-order valence-corrected chi connectivity index (χ3v) is 6.46. The molecule has 5 rings (SSSR count). The van der Waals surface area contributed by atoms with Crippen LogP contribution in [-0.2, 0) is 13.0 Å². The number of hydrogen-bond donors (Lipinski definition) is 0. The number of nitro groups is 1. The topological polar surface area (TPSA) is 99.6 Å². The number of halogens is 1. The van der Waals surface area contributed by atoms with Gasteiger partial charge in [-0.25, -0.2) is 4.98 Å². The van der Waals surface area contributed by atoms with E-state index in [1.54, 1.807) is 18.2 Å². The molecule has 37 heavy (non-hydrogen) atoms. The lowest BCUT2D eigenvalue weighted by atomic mass is 10.1. The molecule has 0 aliphatic rings. The second-order valence-electron chi connectivity index (χ2n) is 8.31. The molecule has 9 heteroatoms. The molecule has 0 N–H and O–H groups in total. The molecule has 0 bridgehead atoms. The molecule has 4 aromatic carbocycles. The first kappa shape index (κ1) is 24.3. The Morgan fingerprint density at radius 1 is 1.05 bits per heavy atom. The Balaban J connectivity index is 1.54. The van der Waals surface area contributed by atoms with E-state index in [0.717, 1.165) is 20.8 Å². The van der Waals surface area contributed by atoms with Crippen LogP contribution in [0.2, 0.25) is 0 Å². The Morgan fingerprint density at radius 2 is 1.86 bits per heavy atom. The van der Waals surface area contributed by atoms with Crippen LogP contribution < -0.4 is 10.3 Å². The molecule has 0 saturated heterocycles. The van der Waals surface area contributed by atoms with Crippen molar-refractivity contribution in [2.24, 2.45) is 5.10 Å². The summed E-state index contributed by atoms with van der Waals surface area (Å²) in [5.74, 6) is 0.879. The number of nitro benzene ring substituents is 1. The van der Waals surface area contributed by atoms with E-state index in [1.807, 2.05) is 55.5 Å². The van der Waals surface area contributed by atoms with E-state index in [4.69, 9.17) is 4.74 Å². The number of nitrogens with zero attached hydrogens (tertiary/aromatic N) is 4. The number of hydrogen-bond acceptors (Lipinski definition) is 6. The standard InChI is InChI=1S/C28H21BrN4O4/c1-2-27-31-25-12-10-21(29)15-24(25)28(34)32(27)30-16-20-14-22(33(35)36)11-13-26(20)37-17-19-8-5-7-18-6-3-4-9-23(18)19/h3-16H,2,17H2,1H3. The molecule has 0 atom stereocenters. The number of rotatable bonds is 7.